The molecule has 1 atom stereocenters. The highest BCUT2D eigenvalue weighted by Crippen LogP contribution is 2.21. The van der Waals surface area contributed by atoms with Crippen molar-refractivity contribution in [3.05, 3.63) is 29.8 Å². The van der Waals surface area contributed by atoms with E-state index in [0.29, 0.717) is 19.1 Å². The summed E-state index contributed by atoms with van der Waals surface area (Å²) < 4.78 is 5.74. The normalized spacial score (nSPS) is 16.6. The Bertz CT molecular complexity index is 366. The van der Waals surface area contributed by atoms with Gasteiger partial charge in [0.1, 0.15) is 12.4 Å². The van der Waals surface area contributed by atoms with Crippen molar-refractivity contribution in [3.63, 3.8) is 0 Å². The third-order valence-corrected chi connectivity index (χ3v) is 3.06. The number of rotatable bonds is 8. The zero-order valence-corrected chi connectivity index (χ0v) is 10.5. The Balaban J connectivity index is 1.87. The second-order valence-corrected chi connectivity index (χ2v) is 4.71. The van der Waals surface area contributed by atoms with Crippen LogP contribution in [0.4, 0.5) is 0 Å². The Kier molecular flexibility index (Phi) is 4.99. The maximum atomic E-state index is 9.27. The maximum absolute atomic E-state index is 9.27. The Morgan fingerprint density at radius 1 is 1.28 bits per heavy atom. The van der Waals surface area contributed by atoms with Gasteiger partial charge in [-0.15, -0.1) is 0 Å². The van der Waals surface area contributed by atoms with Crippen LogP contribution in [0.5, 0.6) is 5.75 Å². The summed E-state index contributed by atoms with van der Waals surface area (Å²) in [5.41, 5.74) is 1.00. The average Bonchev–Trinajstić information content (AvgIpc) is 3.20. The molecule has 4 nitrogen and oxygen atoms in total. The van der Waals surface area contributed by atoms with Crippen LogP contribution in [0.15, 0.2) is 24.3 Å². The molecule has 0 amide bonds. The predicted octanol–water partition coefficient (Wildman–Crippen LogP) is 0.713. The zero-order valence-electron chi connectivity index (χ0n) is 10.5. The SMILES string of the molecule is OCCc1ccccc1OCC(CO)NC1CC1. The van der Waals surface area contributed by atoms with Crippen molar-refractivity contribution in [3.8, 4) is 5.75 Å². The third kappa shape index (κ3) is 3.98. The molecule has 0 heterocycles. The summed E-state index contributed by atoms with van der Waals surface area (Å²) in [5.74, 6) is 0.794. The van der Waals surface area contributed by atoms with Gasteiger partial charge < -0.3 is 20.3 Å². The van der Waals surface area contributed by atoms with Crippen LogP contribution in [0.3, 0.4) is 0 Å². The number of benzene rings is 1. The van der Waals surface area contributed by atoms with Gasteiger partial charge in [-0.2, -0.15) is 0 Å². The molecule has 0 radical (unpaired) electrons. The van der Waals surface area contributed by atoms with Gasteiger partial charge in [0.05, 0.1) is 12.6 Å². The van der Waals surface area contributed by atoms with Gasteiger partial charge in [0.2, 0.25) is 0 Å². The second-order valence-electron chi connectivity index (χ2n) is 4.71. The highest BCUT2D eigenvalue weighted by atomic mass is 16.5. The lowest BCUT2D eigenvalue weighted by Gasteiger charge is -2.18. The van der Waals surface area contributed by atoms with Crippen molar-refractivity contribution in [1.82, 2.24) is 5.32 Å². The Hall–Kier alpha value is -1.10. The Morgan fingerprint density at radius 3 is 2.72 bits per heavy atom. The summed E-state index contributed by atoms with van der Waals surface area (Å²) in [7, 11) is 0. The van der Waals surface area contributed by atoms with E-state index >= 15 is 0 Å². The van der Waals surface area contributed by atoms with Gasteiger partial charge >= 0.3 is 0 Å². The fourth-order valence-corrected chi connectivity index (χ4v) is 1.90. The van der Waals surface area contributed by atoms with E-state index in [2.05, 4.69) is 5.32 Å². The Morgan fingerprint density at radius 2 is 2.06 bits per heavy atom. The van der Waals surface area contributed by atoms with E-state index in [4.69, 9.17) is 9.84 Å². The van der Waals surface area contributed by atoms with Crippen molar-refractivity contribution < 1.29 is 14.9 Å². The molecule has 0 aliphatic heterocycles. The average molecular weight is 251 g/mol. The van der Waals surface area contributed by atoms with Crippen molar-refractivity contribution >= 4 is 0 Å². The van der Waals surface area contributed by atoms with E-state index in [-0.39, 0.29) is 19.3 Å². The van der Waals surface area contributed by atoms with Gasteiger partial charge in [-0.25, -0.2) is 0 Å². The van der Waals surface area contributed by atoms with E-state index in [0.717, 1.165) is 11.3 Å². The minimum absolute atomic E-state index is 0.0142. The van der Waals surface area contributed by atoms with Gasteiger partial charge in [-0.1, -0.05) is 18.2 Å². The minimum Gasteiger partial charge on any atom is -0.492 e. The molecule has 0 bridgehead atoms. The summed E-state index contributed by atoms with van der Waals surface area (Å²) in [6.45, 7) is 0.651. The van der Waals surface area contributed by atoms with Crippen LogP contribution in [0.2, 0.25) is 0 Å². The molecule has 1 aromatic carbocycles. The first-order chi connectivity index (χ1) is 8.83. The molecule has 1 fully saturated rings. The second kappa shape index (κ2) is 6.73. The van der Waals surface area contributed by atoms with E-state index in [1.54, 1.807) is 0 Å². The van der Waals surface area contributed by atoms with E-state index in [1.165, 1.54) is 12.8 Å². The van der Waals surface area contributed by atoms with Crippen LogP contribution in [0, 0.1) is 0 Å². The first kappa shape index (κ1) is 13.3. The van der Waals surface area contributed by atoms with Crippen molar-refractivity contribution in [2.75, 3.05) is 19.8 Å². The van der Waals surface area contributed by atoms with Gasteiger partial charge in [0.15, 0.2) is 0 Å². The molecular weight excluding hydrogens is 230 g/mol. The highest BCUT2D eigenvalue weighted by molar-refractivity contribution is 5.33. The molecule has 100 valence electrons. The smallest absolute Gasteiger partial charge is 0.122 e. The van der Waals surface area contributed by atoms with Gasteiger partial charge in [-0.3, -0.25) is 0 Å². The summed E-state index contributed by atoms with van der Waals surface area (Å²) >= 11 is 0. The van der Waals surface area contributed by atoms with Crippen molar-refractivity contribution in [2.24, 2.45) is 0 Å². The molecule has 1 aliphatic carbocycles. The molecule has 18 heavy (non-hydrogen) atoms. The van der Waals surface area contributed by atoms with Crippen molar-refractivity contribution in [1.29, 1.82) is 0 Å². The lowest BCUT2D eigenvalue weighted by atomic mass is 10.1. The maximum Gasteiger partial charge on any atom is 0.122 e. The van der Waals surface area contributed by atoms with Crippen LogP contribution in [0.1, 0.15) is 18.4 Å². The molecule has 1 saturated carbocycles. The number of ether oxygens (including phenoxy) is 1. The number of hydrogen-bond donors (Lipinski definition) is 3. The number of para-hydroxylation sites is 1. The van der Waals surface area contributed by atoms with Gasteiger partial charge in [0.25, 0.3) is 0 Å². The quantitative estimate of drug-likeness (QED) is 0.637. The number of aliphatic hydroxyl groups excluding tert-OH is 2. The summed E-state index contributed by atoms with van der Waals surface area (Å²) in [4.78, 5) is 0. The largest absolute Gasteiger partial charge is 0.492 e. The van der Waals surface area contributed by atoms with E-state index < -0.39 is 0 Å². The van der Waals surface area contributed by atoms with Gasteiger partial charge in [0, 0.05) is 12.6 Å². The first-order valence-electron chi connectivity index (χ1n) is 6.52. The zero-order chi connectivity index (χ0) is 12.8. The van der Waals surface area contributed by atoms with Crippen LogP contribution in [-0.2, 0) is 6.42 Å². The van der Waals surface area contributed by atoms with Crippen molar-refractivity contribution in [2.45, 2.75) is 31.3 Å². The first-order valence-corrected chi connectivity index (χ1v) is 6.52. The predicted molar refractivity (Wildman–Crippen MR) is 69.8 cm³/mol. The van der Waals surface area contributed by atoms with E-state index in [9.17, 15) is 5.11 Å². The molecule has 1 unspecified atom stereocenters. The van der Waals surface area contributed by atoms with Crippen LogP contribution >= 0.6 is 0 Å². The minimum atomic E-state index is -0.0142. The topological polar surface area (TPSA) is 61.7 Å². The molecular formula is C14H21NO3. The molecule has 1 aromatic rings. The molecule has 0 spiro atoms. The van der Waals surface area contributed by atoms with E-state index in [1.807, 2.05) is 24.3 Å². The monoisotopic (exact) mass is 251 g/mol. The molecule has 0 saturated heterocycles. The molecule has 4 heteroatoms. The number of aliphatic hydroxyl groups is 2. The number of nitrogens with one attached hydrogen (secondary N) is 1. The summed E-state index contributed by atoms with van der Waals surface area (Å²) in [5, 5.41) is 21.6. The third-order valence-electron chi connectivity index (χ3n) is 3.06. The lowest BCUT2D eigenvalue weighted by Crippen LogP contribution is -2.39. The molecule has 0 aromatic heterocycles. The standard InChI is InChI=1S/C14H21NO3/c16-8-7-11-3-1-2-4-14(11)18-10-13(9-17)15-12-5-6-12/h1-4,12-13,15-17H,5-10H2. The molecule has 3 N–H and O–H groups in total. The molecule has 2 rings (SSSR count). The van der Waals surface area contributed by atoms with Crippen LogP contribution < -0.4 is 10.1 Å². The van der Waals surface area contributed by atoms with Crippen LogP contribution in [0.25, 0.3) is 0 Å². The number of hydrogen-bond acceptors (Lipinski definition) is 4. The lowest BCUT2D eigenvalue weighted by molar-refractivity contribution is 0.180. The fraction of sp³-hybridized carbons (Fsp3) is 0.571. The summed E-state index contributed by atoms with van der Waals surface area (Å²) in [6, 6.07) is 8.24. The fourth-order valence-electron chi connectivity index (χ4n) is 1.90. The molecule has 1 aliphatic rings. The Labute approximate surface area is 108 Å². The highest BCUT2D eigenvalue weighted by Gasteiger charge is 2.24. The summed E-state index contributed by atoms with van der Waals surface area (Å²) in [6.07, 6.45) is 2.98. The van der Waals surface area contributed by atoms with Gasteiger partial charge in [-0.05, 0) is 30.9 Å². The van der Waals surface area contributed by atoms with Crippen LogP contribution in [-0.4, -0.2) is 42.1 Å².